The molecular formula is C5H9NO4. The first-order valence-corrected chi connectivity index (χ1v) is 2.74. The number of rotatable bonds is 4. The molecule has 0 spiro atoms. The zero-order valence-corrected chi connectivity index (χ0v) is 5.28. The van der Waals surface area contributed by atoms with Gasteiger partial charge in [-0.3, -0.25) is 9.59 Å². The van der Waals surface area contributed by atoms with Crippen LogP contribution in [0.4, 0.5) is 0 Å². The second-order valence-electron chi connectivity index (χ2n) is 1.88. The third-order valence-electron chi connectivity index (χ3n) is 0.986. The van der Waals surface area contributed by atoms with E-state index >= 15 is 0 Å². The van der Waals surface area contributed by atoms with E-state index in [4.69, 9.17) is 15.9 Å². The topological polar surface area (TPSA) is 101 Å². The Balaban J connectivity index is 3.49. The van der Waals surface area contributed by atoms with Gasteiger partial charge in [0.25, 0.3) is 0 Å². The van der Waals surface area contributed by atoms with Crippen molar-refractivity contribution in [2.75, 3.05) is 0 Å². The lowest BCUT2D eigenvalue weighted by Crippen LogP contribution is -2.30. The van der Waals surface area contributed by atoms with Crippen molar-refractivity contribution in [3.8, 4) is 0 Å². The Bertz CT molecular complexity index is 145. The number of aliphatic carboxylic acids is 2. The summed E-state index contributed by atoms with van der Waals surface area (Å²) in [6.45, 7) is 0. The molecule has 5 heteroatoms. The molecule has 10 heavy (non-hydrogen) atoms. The van der Waals surface area contributed by atoms with Crippen LogP contribution in [0.5, 0.6) is 0 Å². The van der Waals surface area contributed by atoms with Crippen LogP contribution < -0.4 is 5.73 Å². The molecule has 0 aromatic carbocycles. The lowest BCUT2D eigenvalue weighted by atomic mass is 10.4. The Kier molecular flexibility index (Phi) is 3.42. The van der Waals surface area contributed by atoms with Crippen LogP contribution >= 0.6 is 0 Å². The van der Waals surface area contributed by atoms with Crippen molar-refractivity contribution in [1.29, 1.82) is 0 Å². The van der Waals surface area contributed by atoms with E-state index in [2.05, 4.69) is 0 Å². The molecule has 0 aromatic rings. The quantitative estimate of drug-likeness (QED) is 0.488. The standard InChI is InChI=1S/C5H9NO4/c6-3(5(9)10)1-2-4(7)8/h3H,1-2,6H2,(H,7,8)(H,9,10)/t3-/m0/s1/i3+2. The average Bonchev–Trinajstić information content (AvgIpc) is 1.82. The predicted molar refractivity (Wildman–Crippen MR) is 32.5 cm³/mol. The molecule has 0 aliphatic carbocycles. The lowest BCUT2D eigenvalue weighted by Gasteiger charge is -2.01. The first kappa shape index (κ1) is 8.90. The monoisotopic (exact) mass is 149 g/mol. The second kappa shape index (κ2) is 3.84. The van der Waals surface area contributed by atoms with Crippen LogP contribution in [-0.2, 0) is 9.59 Å². The number of carboxylic acids is 2. The van der Waals surface area contributed by atoms with Crippen LogP contribution in [0.1, 0.15) is 12.8 Å². The van der Waals surface area contributed by atoms with Gasteiger partial charge in [0, 0.05) is 6.42 Å². The molecule has 0 heterocycles. The highest BCUT2D eigenvalue weighted by Gasteiger charge is 2.12. The summed E-state index contributed by atoms with van der Waals surface area (Å²) in [5, 5.41) is 16.3. The van der Waals surface area contributed by atoms with E-state index in [1.165, 1.54) is 0 Å². The Morgan fingerprint density at radius 2 is 1.90 bits per heavy atom. The fourth-order valence-electron chi connectivity index (χ4n) is 0.402. The van der Waals surface area contributed by atoms with Gasteiger partial charge < -0.3 is 15.9 Å². The van der Waals surface area contributed by atoms with Crippen molar-refractivity contribution < 1.29 is 19.8 Å². The second-order valence-corrected chi connectivity index (χ2v) is 1.88. The molecule has 5 nitrogen and oxygen atoms in total. The molecule has 4 N–H and O–H groups in total. The molecule has 0 unspecified atom stereocenters. The van der Waals surface area contributed by atoms with Gasteiger partial charge in [0.05, 0.1) is 0 Å². The molecular weight excluding hydrogens is 140 g/mol. The maximum atomic E-state index is 9.99. The van der Waals surface area contributed by atoms with E-state index in [9.17, 15) is 9.59 Å². The zero-order valence-electron chi connectivity index (χ0n) is 5.28. The van der Waals surface area contributed by atoms with Crippen molar-refractivity contribution in [3.05, 3.63) is 0 Å². The fraction of sp³-hybridized carbons (Fsp3) is 0.600. The average molecular weight is 149 g/mol. The Morgan fingerprint density at radius 1 is 1.40 bits per heavy atom. The summed E-state index contributed by atoms with van der Waals surface area (Å²) in [6, 6.07) is -1.06. The molecule has 0 bridgehead atoms. The summed E-state index contributed by atoms with van der Waals surface area (Å²) in [7, 11) is 0. The summed E-state index contributed by atoms with van der Waals surface area (Å²) in [5.41, 5.74) is 5.00. The number of hydrogen-bond donors (Lipinski definition) is 3. The van der Waals surface area contributed by atoms with Gasteiger partial charge in [-0.1, -0.05) is 0 Å². The molecule has 0 fully saturated rings. The van der Waals surface area contributed by atoms with Crippen molar-refractivity contribution in [2.24, 2.45) is 5.73 Å². The van der Waals surface area contributed by atoms with E-state index in [1.807, 2.05) is 0 Å². The first-order valence-electron chi connectivity index (χ1n) is 2.74. The maximum absolute atomic E-state index is 9.99. The van der Waals surface area contributed by atoms with Gasteiger partial charge >= 0.3 is 11.9 Å². The van der Waals surface area contributed by atoms with Gasteiger partial charge in [0.2, 0.25) is 0 Å². The lowest BCUT2D eigenvalue weighted by molar-refractivity contribution is -0.139. The van der Waals surface area contributed by atoms with Crippen molar-refractivity contribution in [3.63, 3.8) is 0 Å². The molecule has 0 aliphatic heterocycles. The molecule has 1 atom stereocenters. The van der Waals surface area contributed by atoms with Gasteiger partial charge in [-0.05, 0) is 6.42 Å². The number of carboxylic acid groups (broad SMARTS) is 2. The van der Waals surface area contributed by atoms with E-state index in [0.717, 1.165) is 0 Å². The molecule has 0 aliphatic rings. The fourth-order valence-corrected chi connectivity index (χ4v) is 0.402. The minimum atomic E-state index is -1.17. The molecule has 0 radical (unpaired) electrons. The summed E-state index contributed by atoms with van der Waals surface area (Å²) in [4.78, 5) is 19.9. The van der Waals surface area contributed by atoms with Crippen molar-refractivity contribution >= 4 is 11.9 Å². The normalized spacial score (nSPS) is 12.5. The van der Waals surface area contributed by atoms with Gasteiger partial charge in [-0.25, -0.2) is 0 Å². The Hall–Kier alpha value is -1.10. The molecule has 58 valence electrons. The molecule has 0 rings (SSSR count). The van der Waals surface area contributed by atoms with Crippen molar-refractivity contribution in [1.82, 2.24) is 0 Å². The largest absolute Gasteiger partial charge is 0.481 e. The Labute approximate surface area is 57.5 Å². The summed E-state index contributed by atoms with van der Waals surface area (Å²) in [6.07, 6.45) is -0.224. The van der Waals surface area contributed by atoms with E-state index in [1.54, 1.807) is 0 Å². The van der Waals surface area contributed by atoms with Gasteiger partial charge in [-0.15, -0.1) is 0 Å². The van der Waals surface area contributed by atoms with Crippen LogP contribution in [0.15, 0.2) is 0 Å². The molecule has 0 aromatic heterocycles. The highest BCUT2D eigenvalue weighted by molar-refractivity contribution is 5.74. The third-order valence-corrected chi connectivity index (χ3v) is 0.986. The zero-order chi connectivity index (χ0) is 8.15. The third kappa shape index (κ3) is 3.85. The van der Waals surface area contributed by atoms with Crippen LogP contribution in [0, 0.1) is 0 Å². The number of carbonyl (C=O) groups is 2. The smallest absolute Gasteiger partial charge is 0.320 e. The minimum absolute atomic E-state index is 0.0231. The number of hydrogen-bond acceptors (Lipinski definition) is 3. The van der Waals surface area contributed by atoms with Gasteiger partial charge in [0.1, 0.15) is 6.04 Å². The van der Waals surface area contributed by atoms with E-state index in [0.29, 0.717) is 0 Å². The van der Waals surface area contributed by atoms with Gasteiger partial charge in [-0.2, -0.15) is 0 Å². The van der Waals surface area contributed by atoms with E-state index in [-0.39, 0.29) is 12.8 Å². The molecule has 0 amide bonds. The molecule has 0 saturated heterocycles. The van der Waals surface area contributed by atoms with Crippen LogP contribution in [-0.4, -0.2) is 28.2 Å². The first-order chi connectivity index (χ1) is 4.54. The highest BCUT2D eigenvalue weighted by Crippen LogP contribution is 1.93. The summed E-state index contributed by atoms with van der Waals surface area (Å²) >= 11 is 0. The Morgan fingerprint density at radius 3 is 2.20 bits per heavy atom. The van der Waals surface area contributed by atoms with Gasteiger partial charge in [0.15, 0.2) is 0 Å². The van der Waals surface area contributed by atoms with Crippen molar-refractivity contribution in [2.45, 2.75) is 18.9 Å². The highest BCUT2D eigenvalue weighted by atomic mass is 16.4. The number of nitrogens with two attached hydrogens (primary N) is 1. The van der Waals surface area contributed by atoms with Crippen LogP contribution in [0.2, 0.25) is 0 Å². The predicted octanol–water partition coefficient (Wildman–Crippen LogP) is -0.737. The van der Waals surface area contributed by atoms with E-state index < -0.39 is 18.0 Å². The molecule has 0 saturated carbocycles. The van der Waals surface area contributed by atoms with Crippen LogP contribution in [0.3, 0.4) is 0 Å². The minimum Gasteiger partial charge on any atom is -0.481 e. The summed E-state index contributed by atoms with van der Waals surface area (Å²) < 4.78 is 0. The summed E-state index contributed by atoms with van der Waals surface area (Å²) in [5.74, 6) is -2.20. The SMILES string of the molecule is N[14C@@H](CCC(=O)O)C(=O)O. The maximum Gasteiger partial charge on any atom is 0.320 e. The van der Waals surface area contributed by atoms with Crippen LogP contribution in [0.25, 0.3) is 0 Å².